The van der Waals surface area contributed by atoms with E-state index in [9.17, 15) is 0 Å². The Morgan fingerprint density at radius 2 is 2.00 bits per heavy atom. The monoisotopic (exact) mass is 324 g/mol. The predicted molar refractivity (Wildman–Crippen MR) is 97.0 cm³/mol. The fourth-order valence-electron chi connectivity index (χ4n) is 3.47. The van der Waals surface area contributed by atoms with Gasteiger partial charge in [-0.25, -0.2) is 0 Å². The minimum atomic E-state index is -0.0677. The van der Waals surface area contributed by atoms with E-state index < -0.39 is 0 Å². The molecule has 0 radical (unpaired) electrons. The van der Waals surface area contributed by atoms with E-state index in [1.165, 1.54) is 38.9 Å². The Labute approximate surface area is 142 Å². The Hall–Kier alpha value is -0.810. The minimum Gasteiger partial charge on any atom is -0.373 e. The normalized spacial score (nSPS) is 27.9. The maximum absolute atomic E-state index is 5.83. The Bertz CT molecular complexity index is 360. The number of aliphatic imine (C=N–C) groups is 1. The van der Waals surface area contributed by atoms with E-state index in [0.29, 0.717) is 5.92 Å². The molecule has 0 spiro atoms. The van der Waals surface area contributed by atoms with Crippen LogP contribution in [0.5, 0.6) is 0 Å². The van der Waals surface area contributed by atoms with Crippen molar-refractivity contribution in [2.75, 3.05) is 45.9 Å². The summed E-state index contributed by atoms with van der Waals surface area (Å²) in [4.78, 5) is 7.35. The summed E-state index contributed by atoms with van der Waals surface area (Å²) < 4.78 is 5.83. The Morgan fingerprint density at radius 3 is 2.65 bits per heavy atom. The summed E-state index contributed by atoms with van der Waals surface area (Å²) in [6.07, 6.45) is 6.40. The summed E-state index contributed by atoms with van der Waals surface area (Å²) >= 11 is 0. The van der Waals surface area contributed by atoms with Crippen molar-refractivity contribution in [3.05, 3.63) is 0 Å². The van der Waals surface area contributed by atoms with Crippen LogP contribution < -0.4 is 10.6 Å². The second-order valence-electron chi connectivity index (χ2n) is 7.44. The van der Waals surface area contributed by atoms with Crippen LogP contribution >= 0.6 is 0 Å². The van der Waals surface area contributed by atoms with Crippen LogP contribution in [0.2, 0.25) is 0 Å². The quantitative estimate of drug-likeness (QED) is 0.557. The van der Waals surface area contributed by atoms with E-state index in [0.717, 1.165) is 45.0 Å². The molecule has 5 heteroatoms. The molecule has 2 aliphatic rings. The standard InChI is InChI=1S/C18H36N4O/c1-4-19-17(21-15-18(3)9-8-12-23-18)20-13-16(2)14-22-10-6-5-7-11-22/h16H,4-15H2,1-3H3,(H2,19,20,21). The van der Waals surface area contributed by atoms with Crippen molar-refractivity contribution in [2.24, 2.45) is 10.9 Å². The molecule has 0 aliphatic carbocycles. The molecule has 2 saturated heterocycles. The Balaban J connectivity index is 1.74. The van der Waals surface area contributed by atoms with Crippen LogP contribution in [0.3, 0.4) is 0 Å². The van der Waals surface area contributed by atoms with Gasteiger partial charge in [0.1, 0.15) is 0 Å². The van der Waals surface area contributed by atoms with E-state index in [1.807, 2.05) is 0 Å². The third kappa shape index (κ3) is 6.68. The van der Waals surface area contributed by atoms with Gasteiger partial charge < -0.3 is 20.3 Å². The van der Waals surface area contributed by atoms with Gasteiger partial charge in [-0.2, -0.15) is 0 Å². The first-order valence-electron chi connectivity index (χ1n) is 9.50. The van der Waals surface area contributed by atoms with Gasteiger partial charge in [-0.15, -0.1) is 0 Å². The maximum Gasteiger partial charge on any atom is 0.191 e. The molecular formula is C18H36N4O. The second kappa shape index (κ2) is 9.48. The van der Waals surface area contributed by atoms with Gasteiger partial charge >= 0.3 is 0 Å². The summed E-state index contributed by atoms with van der Waals surface area (Å²) in [6.45, 7) is 13.8. The number of rotatable bonds is 7. The molecule has 2 rings (SSSR count). The van der Waals surface area contributed by atoms with E-state index in [1.54, 1.807) is 0 Å². The number of guanidine groups is 1. The van der Waals surface area contributed by atoms with E-state index >= 15 is 0 Å². The SMILES string of the molecule is CCNC(=NCC1(C)CCCO1)NCC(C)CN1CCCCC1. The van der Waals surface area contributed by atoms with Crippen LogP contribution in [0.1, 0.15) is 52.9 Å². The molecule has 0 aromatic carbocycles. The molecule has 5 nitrogen and oxygen atoms in total. The summed E-state index contributed by atoms with van der Waals surface area (Å²) in [5, 5.41) is 6.86. The largest absolute Gasteiger partial charge is 0.373 e. The van der Waals surface area contributed by atoms with Crippen LogP contribution in [0.4, 0.5) is 0 Å². The van der Waals surface area contributed by atoms with Crippen molar-refractivity contribution in [1.82, 2.24) is 15.5 Å². The van der Waals surface area contributed by atoms with Gasteiger partial charge in [0.05, 0.1) is 12.1 Å². The molecule has 134 valence electrons. The minimum absolute atomic E-state index is 0.0677. The van der Waals surface area contributed by atoms with Gasteiger partial charge in [-0.1, -0.05) is 13.3 Å². The van der Waals surface area contributed by atoms with Crippen molar-refractivity contribution >= 4 is 5.96 Å². The van der Waals surface area contributed by atoms with Crippen LogP contribution in [0.25, 0.3) is 0 Å². The number of nitrogens with zero attached hydrogens (tertiary/aromatic N) is 2. The highest BCUT2D eigenvalue weighted by atomic mass is 16.5. The third-order valence-corrected chi connectivity index (χ3v) is 4.85. The summed E-state index contributed by atoms with van der Waals surface area (Å²) in [7, 11) is 0. The average Bonchev–Trinajstić information content (AvgIpc) is 2.98. The first kappa shape index (κ1) is 18.5. The van der Waals surface area contributed by atoms with Crippen molar-refractivity contribution < 1.29 is 4.74 Å². The zero-order valence-corrected chi connectivity index (χ0v) is 15.4. The molecule has 0 aromatic heterocycles. The first-order valence-corrected chi connectivity index (χ1v) is 9.50. The van der Waals surface area contributed by atoms with E-state index in [4.69, 9.17) is 9.73 Å². The lowest BCUT2D eigenvalue weighted by molar-refractivity contribution is 0.0283. The van der Waals surface area contributed by atoms with Crippen molar-refractivity contribution in [3.63, 3.8) is 0 Å². The molecule has 0 amide bonds. The smallest absolute Gasteiger partial charge is 0.191 e. The summed E-state index contributed by atoms with van der Waals surface area (Å²) in [6, 6.07) is 0. The van der Waals surface area contributed by atoms with Gasteiger partial charge in [0.2, 0.25) is 0 Å². The van der Waals surface area contributed by atoms with E-state index in [-0.39, 0.29) is 5.60 Å². The number of hydrogen-bond donors (Lipinski definition) is 2. The summed E-state index contributed by atoms with van der Waals surface area (Å²) in [5.74, 6) is 1.56. The van der Waals surface area contributed by atoms with Crippen molar-refractivity contribution in [1.29, 1.82) is 0 Å². The highest BCUT2D eigenvalue weighted by Crippen LogP contribution is 2.24. The molecule has 0 saturated carbocycles. The highest BCUT2D eigenvalue weighted by molar-refractivity contribution is 5.79. The Morgan fingerprint density at radius 1 is 1.22 bits per heavy atom. The number of ether oxygens (including phenoxy) is 1. The van der Waals surface area contributed by atoms with Crippen LogP contribution in [-0.4, -0.2) is 62.3 Å². The molecule has 23 heavy (non-hydrogen) atoms. The van der Waals surface area contributed by atoms with Gasteiger partial charge in [0.25, 0.3) is 0 Å². The number of piperidine rings is 1. The van der Waals surface area contributed by atoms with Gasteiger partial charge in [0, 0.05) is 26.2 Å². The van der Waals surface area contributed by atoms with Gasteiger partial charge in [0.15, 0.2) is 5.96 Å². The molecule has 0 aromatic rings. The van der Waals surface area contributed by atoms with Crippen molar-refractivity contribution in [3.8, 4) is 0 Å². The lowest BCUT2D eigenvalue weighted by Crippen LogP contribution is -2.43. The van der Waals surface area contributed by atoms with Crippen LogP contribution in [0.15, 0.2) is 4.99 Å². The fraction of sp³-hybridized carbons (Fsp3) is 0.944. The zero-order valence-electron chi connectivity index (χ0n) is 15.4. The molecule has 2 N–H and O–H groups in total. The topological polar surface area (TPSA) is 48.9 Å². The summed E-state index contributed by atoms with van der Waals surface area (Å²) in [5.41, 5.74) is -0.0677. The van der Waals surface area contributed by atoms with Crippen LogP contribution in [0, 0.1) is 5.92 Å². The molecule has 0 bridgehead atoms. The number of nitrogens with one attached hydrogen (secondary N) is 2. The van der Waals surface area contributed by atoms with Gasteiger partial charge in [-0.3, -0.25) is 4.99 Å². The zero-order chi connectivity index (χ0) is 16.5. The van der Waals surface area contributed by atoms with E-state index in [2.05, 4.69) is 36.3 Å². The number of likely N-dealkylation sites (tertiary alicyclic amines) is 1. The molecule has 2 heterocycles. The first-order chi connectivity index (χ1) is 11.1. The molecule has 2 atom stereocenters. The second-order valence-corrected chi connectivity index (χ2v) is 7.44. The molecular weight excluding hydrogens is 288 g/mol. The highest BCUT2D eigenvalue weighted by Gasteiger charge is 2.29. The average molecular weight is 325 g/mol. The molecule has 2 aliphatic heterocycles. The van der Waals surface area contributed by atoms with Crippen LogP contribution in [-0.2, 0) is 4.74 Å². The molecule has 2 fully saturated rings. The fourth-order valence-corrected chi connectivity index (χ4v) is 3.47. The maximum atomic E-state index is 5.83. The predicted octanol–water partition coefficient (Wildman–Crippen LogP) is 2.23. The lowest BCUT2D eigenvalue weighted by atomic mass is 10.0. The van der Waals surface area contributed by atoms with Crippen molar-refractivity contribution in [2.45, 2.75) is 58.5 Å². The lowest BCUT2D eigenvalue weighted by Gasteiger charge is -2.29. The Kier molecular flexibility index (Phi) is 7.63. The number of hydrogen-bond acceptors (Lipinski definition) is 3. The molecule has 2 unspecified atom stereocenters. The third-order valence-electron chi connectivity index (χ3n) is 4.85. The van der Waals surface area contributed by atoms with Gasteiger partial charge in [-0.05, 0) is 58.5 Å².